The van der Waals surface area contributed by atoms with Crippen LogP contribution in [0, 0.1) is 10.8 Å². The maximum atomic E-state index is 12.7. The smallest absolute Gasteiger partial charge is 0.331 e. The van der Waals surface area contributed by atoms with E-state index in [4.69, 9.17) is 19.3 Å². The second kappa shape index (κ2) is 11.9. The summed E-state index contributed by atoms with van der Waals surface area (Å²) < 4.78 is 18.2. The summed E-state index contributed by atoms with van der Waals surface area (Å²) in [6, 6.07) is 0. The highest BCUT2D eigenvalue weighted by Gasteiger charge is 2.68. The van der Waals surface area contributed by atoms with Crippen molar-refractivity contribution in [2.75, 3.05) is 13.2 Å². The Hall–Kier alpha value is -2.52. The van der Waals surface area contributed by atoms with E-state index in [1.807, 2.05) is 6.92 Å². The first-order valence-electron chi connectivity index (χ1n) is 12.8. The van der Waals surface area contributed by atoms with Crippen LogP contribution in [-0.4, -0.2) is 71.0 Å². The molecule has 1 saturated heterocycles. The van der Waals surface area contributed by atoms with E-state index in [-0.39, 0.29) is 25.4 Å². The summed E-state index contributed by atoms with van der Waals surface area (Å²) in [5.74, 6) is -1.03. The number of hydrogen-bond acceptors (Lipinski definition) is 8. The Morgan fingerprint density at radius 3 is 2.70 bits per heavy atom. The molecule has 2 aliphatic carbocycles. The predicted octanol–water partition coefficient (Wildman–Crippen LogP) is 3.08. The van der Waals surface area contributed by atoms with Gasteiger partial charge in [0.15, 0.2) is 0 Å². The average Bonchev–Trinajstić information content (AvgIpc) is 3.00. The standard InChI is InChI=1S/C29H40O8/c1-18-10-12-29(17-35-27(34)15-19(2)11-13-30)25(14-18)36-23-16-24(28(29,5)20(23)3)37-26(33)9-7-6-8-22(32)21(4)31/h6-9,14-15,21-25,30-32H,3,10-13,16-17H2,1-2,4-5H3/b8-6+,9-7-,19-15+/t21-,22-,23+,24+,25+,28+,29+/m0/s1. The number of carbonyl (C=O) groups is 2. The van der Waals surface area contributed by atoms with Crippen LogP contribution in [0.25, 0.3) is 0 Å². The van der Waals surface area contributed by atoms with Gasteiger partial charge in [-0.1, -0.05) is 49.0 Å². The summed E-state index contributed by atoms with van der Waals surface area (Å²) in [6.07, 6.45) is 8.32. The second-order valence-corrected chi connectivity index (χ2v) is 10.7. The minimum atomic E-state index is -1.03. The molecular formula is C29H40O8. The minimum Gasteiger partial charge on any atom is -0.462 e. The Labute approximate surface area is 219 Å². The molecule has 0 aromatic carbocycles. The molecular weight excluding hydrogens is 476 g/mol. The molecule has 2 fully saturated rings. The van der Waals surface area contributed by atoms with Crippen molar-refractivity contribution in [2.45, 2.75) is 83.9 Å². The minimum absolute atomic E-state index is 0.0444. The maximum Gasteiger partial charge on any atom is 0.331 e. The molecule has 204 valence electrons. The fraction of sp³-hybridized carbons (Fsp3) is 0.586. The number of carbonyl (C=O) groups excluding carboxylic acids is 2. The van der Waals surface area contributed by atoms with Crippen molar-refractivity contribution >= 4 is 11.9 Å². The molecule has 3 aliphatic rings. The average molecular weight is 517 g/mol. The molecule has 3 rings (SSSR count). The zero-order valence-corrected chi connectivity index (χ0v) is 22.2. The molecule has 1 aliphatic heterocycles. The quantitative estimate of drug-likeness (QED) is 0.175. The van der Waals surface area contributed by atoms with Gasteiger partial charge in [-0.25, -0.2) is 9.59 Å². The summed E-state index contributed by atoms with van der Waals surface area (Å²) in [5.41, 5.74) is 1.40. The van der Waals surface area contributed by atoms with E-state index in [0.717, 1.165) is 17.6 Å². The van der Waals surface area contributed by atoms with Gasteiger partial charge in [0, 0.05) is 36.0 Å². The number of aliphatic hydroxyl groups excluding tert-OH is 3. The van der Waals surface area contributed by atoms with Gasteiger partial charge in [0.05, 0.1) is 24.4 Å². The SMILES string of the molecule is C=C1[C@H]2C[C@@H](OC(=O)/C=C\C=C\[C@H](O)[C@H](C)O)[C@]1(C)[C@@]1(COC(=O)/C=C(\C)CCO)CCC(C)=C[C@H]1O2. The van der Waals surface area contributed by atoms with Crippen molar-refractivity contribution in [3.05, 3.63) is 59.8 Å². The van der Waals surface area contributed by atoms with E-state index in [1.54, 1.807) is 6.92 Å². The summed E-state index contributed by atoms with van der Waals surface area (Å²) in [4.78, 5) is 25.3. The van der Waals surface area contributed by atoms with Crippen molar-refractivity contribution in [1.29, 1.82) is 0 Å². The second-order valence-electron chi connectivity index (χ2n) is 10.7. The maximum absolute atomic E-state index is 12.7. The first-order chi connectivity index (χ1) is 17.4. The number of rotatable bonds is 10. The number of allylic oxidation sites excluding steroid dienone is 3. The van der Waals surface area contributed by atoms with Crippen molar-refractivity contribution in [3.8, 4) is 0 Å². The first-order valence-corrected chi connectivity index (χ1v) is 12.8. The van der Waals surface area contributed by atoms with Gasteiger partial charge < -0.3 is 29.5 Å². The zero-order valence-electron chi connectivity index (χ0n) is 22.2. The van der Waals surface area contributed by atoms with Crippen LogP contribution in [0.3, 0.4) is 0 Å². The van der Waals surface area contributed by atoms with Crippen molar-refractivity contribution in [2.24, 2.45) is 10.8 Å². The highest BCUT2D eigenvalue weighted by molar-refractivity contribution is 5.83. The van der Waals surface area contributed by atoms with Crippen LogP contribution in [0.4, 0.5) is 0 Å². The van der Waals surface area contributed by atoms with Gasteiger partial charge in [0.1, 0.15) is 12.7 Å². The van der Waals surface area contributed by atoms with Crippen molar-refractivity contribution < 1.29 is 39.1 Å². The molecule has 8 nitrogen and oxygen atoms in total. The predicted molar refractivity (Wildman–Crippen MR) is 138 cm³/mol. The van der Waals surface area contributed by atoms with Crippen LogP contribution in [-0.2, 0) is 23.8 Å². The van der Waals surface area contributed by atoms with Crippen LogP contribution in [0.1, 0.15) is 53.4 Å². The Bertz CT molecular complexity index is 1010. The molecule has 1 heterocycles. The summed E-state index contributed by atoms with van der Waals surface area (Å²) >= 11 is 0. The van der Waals surface area contributed by atoms with Crippen LogP contribution in [0.15, 0.2) is 59.8 Å². The third kappa shape index (κ3) is 5.98. The number of fused-ring (bicyclic) bond motifs is 4. The Morgan fingerprint density at radius 2 is 2.03 bits per heavy atom. The van der Waals surface area contributed by atoms with Gasteiger partial charge in [0.2, 0.25) is 0 Å². The molecule has 0 spiro atoms. The molecule has 3 N–H and O–H groups in total. The largest absolute Gasteiger partial charge is 0.462 e. The Morgan fingerprint density at radius 1 is 1.30 bits per heavy atom. The number of esters is 2. The van der Waals surface area contributed by atoms with Gasteiger partial charge in [-0.05, 0) is 45.6 Å². The molecule has 0 aromatic heterocycles. The lowest BCUT2D eigenvalue weighted by Gasteiger charge is -2.56. The van der Waals surface area contributed by atoms with E-state index in [9.17, 15) is 19.8 Å². The van der Waals surface area contributed by atoms with Gasteiger partial charge in [0.25, 0.3) is 0 Å². The molecule has 0 amide bonds. The molecule has 0 radical (unpaired) electrons. The third-order valence-corrected chi connectivity index (χ3v) is 8.17. The lowest BCUT2D eigenvalue weighted by molar-refractivity contribution is -0.181. The van der Waals surface area contributed by atoms with Gasteiger partial charge in [-0.2, -0.15) is 0 Å². The number of hydrogen-bond donors (Lipinski definition) is 3. The summed E-state index contributed by atoms with van der Waals surface area (Å²) in [5, 5.41) is 28.1. The third-order valence-electron chi connectivity index (χ3n) is 8.17. The van der Waals surface area contributed by atoms with E-state index in [0.29, 0.717) is 19.3 Å². The van der Waals surface area contributed by atoms with Gasteiger partial charge >= 0.3 is 11.9 Å². The molecule has 7 atom stereocenters. The van der Waals surface area contributed by atoms with Crippen LogP contribution < -0.4 is 0 Å². The van der Waals surface area contributed by atoms with Crippen LogP contribution >= 0.6 is 0 Å². The lowest BCUT2D eigenvalue weighted by atomic mass is 9.53. The van der Waals surface area contributed by atoms with E-state index in [2.05, 4.69) is 19.6 Å². The number of aliphatic hydroxyl groups is 3. The van der Waals surface area contributed by atoms with Crippen LogP contribution in [0.5, 0.6) is 0 Å². The van der Waals surface area contributed by atoms with E-state index in [1.165, 1.54) is 42.9 Å². The number of ether oxygens (including phenoxy) is 3. The highest BCUT2D eigenvalue weighted by atomic mass is 16.6. The molecule has 0 aromatic rings. The van der Waals surface area contributed by atoms with Crippen molar-refractivity contribution in [1.82, 2.24) is 0 Å². The summed E-state index contributed by atoms with van der Waals surface area (Å²) in [6.45, 7) is 11.7. The first kappa shape index (κ1) is 29.0. The Balaban J connectivity index is 1.84. The summed E-state index contributed by atoms with van der Waals surface area (Å²) in [7, 11) is 0. The van der Waals surface area contributed by atoms with E-state index >= 15 is 0 Å². The Kier molecular flexibility index (Phi) is 9.34. The molecule has 2 bridgehead atoms. The van der Waals surface area contributed by atoms with E-state index < -0.39 is 41.1 Å². The van der Waals surface area contributed by atoms with Crippen molar-refractivity contribution in [3.63, 3.8) is 0 Å². The molecule has 0 unspecified atom stereocenters. The van der Waals surface area contributed by atoms with Gasteiger partial charge in [-0.3, -0.25) is 0 Å². The fourth-order valence-electron chi connectivity index (χ4n) is 5.67. The normalized spacial score (nSPS) is 33.3. The molecule has 8 heteroatoms. The molecule has 1 saturated carbocycles. The lowest BCUT2D eigenvalue weighted by Crippen LogP contribution is -2.60. The zero-order chi connectivity index (χ0) is 27.4. The highest BCUT2D eigenvalue weighted by Crippen LogP contribution is 2.65. The van der Waals surface area contributed by atoms with Crippen LogP contribution in [0.2, 0.25) is 0 Å². The topological polar surface area (TPSA) is 123 Å². The van der Waals surface area contributed by atoms with Gasteiger partial charge in [-0.15, -0.1) is 0 Å². The fourth-order valence-corrected chi connectivity index (χ4v) is 5.67. The monoisotopic (exact) mass is 516 g/mol. The molecule has 37 heavy (non-hydrogen) atoms.